The zero-order valence-electron chi connectivity index (χ0n) is 12.1. The van der Waals surface area contributed by atoms with E-state index < -0.39 is 0 Å². The van der Waals surface area contributed by atoms with Gasteiger partial charge in [0.1, 0.15) is 11.4 Å². The number of urea groups is 1. The third-order valence-corrected chi connectivity index (χ3v) is 5.25. The molecule has 1 heterocycles. The van der Waals surface area contributed by atoms with Crippen LogP contribution in [0, 0.1) is 17.8 Å². The van der Waals surface area contributed by atoms with E-state index in [2.05, 4.69) is 18.8 Å². The van der Waals surface area contributed by atoms with Crippen molar-refractivity contribution in [2.75, 3.05) is 6.54 Å². The van der Waals surface area contributed by atoms with Crippen molar-refractivity contribution < 1.29 is 4.79 Å². The molecule has 0 radical (unpaired) electrons. The lowest BCUT2D eigenvalue weighted by molar-refractivity contribution is 0.0663. The van der Waals surface area contributed by atoms with Crippen LogP contribution in [-0.4, -0.2) is 28.9 Å². The molecule has 3 rings (SSSR count). The Bertz CT molecular complexity index is 414. The van der Waals surface area contributed by atoms with Gasteiger partial charge in [-0.25, -0.2) is 4.79 Å². The summed E-state index contributed by atoms with van der Waals surface area (Å²) in [6, 6.07) is -0.0862. The molecule has 1 spiro atoms. The van der Waals surface area contributed by atoms with Gasteiger partial charge in [0.15, 0.2) is 0 Å². The lowest BCUT2D eigenvalue weighted by Gasteiger charge is -2.48. The first-order chi connectivity index (χ1) is 9.05. The maximum Gasteiger partial charge on any atom is 0.346 e. The number of amidine groups is 1. The molecule has 19 heavy (non-hydrogen) atoms. The highest BCUT2D eigenvalue weighted by Crippen LogP contribution is 2.46. The highest BCUT2D eigenvalue weighted by Gasteiger charge is 2.55. The minimum absolute atomic E-state index is 0.0862. The molecule has 2 unspecified atom stereocenters. The van der Waals surface area contributed by atoms with E-state index >= 15 is 0 Å². The highest BCUT2D eigenvalue weighted by atomic mass is 16.2. The largest absolute Gasteiger partial charge is 0.385 e. The van der Waals surface area contributed by atoms with E-state index in [-0.39, 0.29) is 11.6 Å². The van der Waals surface area contributed by atoms with Crippen LogP contribution in [0.3, 0.4) is 0 Å². The molecular formula is C15H25N3O. The summed E-state index contributed by atoms with van der Waals surface area (Å²) in [7, 11) is 0. The van der Waals surface area contributed by atoms with Crippen molar-refractivity contribution in [3.05, 3.63) is 0 Å². The van der Waals surface area contributed by atoms with Crippen molar-refractivity contribution in [2.45, 2.75) is 57.9 Å². The second kappa shape index (κ2) is 4.50. The standard InChI is InChI=1S/C15H25N3O/c1-10(2)12-5-3-4-8-15(12)13(16)17-14(19)18(15)9-11-6-7-11/h10-12H,3-9H2,1-2H3,(H2,16,17,19). The fraction of sp³-hybridized carbons (Fsp3) is 0.867. The van der Waals surface area contributed by atoms with Gasteiger partial charge in [-0.15, -0.1) is 0 Å². The summed E-state index contributed by atoms with van der Waals surface area (Å²) in [6.45, 7) is 5.37. The molecule has 2 atom stereocenters. The van der Waals surface area contributed by atoms with Gasteiger partial charge >= 0.3 is 6.03 Å². The van der Waals surface area contributed by atoms with Gasteiger partial charge in [-0.2, -0.15) is 4.99 Å². The van der Waals surface area contributed by atoms with E-state index in [4.69, 9.17) is 5.73 Å². The molecule has 0 aromatic heterocycles. The monoisotopic (exact) mass is 263 g/mol. The number of rotatable bonds is 3. The Hall–Kier alpha value is -1.06. The topological polar surface area (TPSA) is 58.7 Å². The number of nitrogens with zero attached hydrogens (tertiary/aromatic N) is 2. The smallest absolute Gasteiger partial charge is 0.346 e. The molecule has 2 saturated carbocycles. The first kappa shape index (κ1) is 12.9. The Kier molecular flexibility index (Phi) is 3.06. The molecule has 106 valence electrons. The Balaban J connectivity index is 1.95. The molecule has 2 amide bonds. The van der Waals surface area contributed by atoms with E-state index in [1.807, 2.05) is 4.90 Å². The number of amides is 2. The van der Waals surface area contributed by atoms with Crippen molar-refractivity contribution in [3.8, 4) is 0 Å². The van der Waals surface area contributed by atoms with Crippen molar-refractivity contribution in [1.29, 1.82) is 0 Å². The summed E-state index contributed by atoms with van der Waals surface area (Å²) in [6.07, 6.45) is 7.10. The average molecular weight is 263 g/mol. The Morgan fingerprint density at radius 1 is 1.37 bits per heavy atom. The van der Waals surface area contributed by atoms with Gasteiger partial charge < -0.3 is 10.6 Å². The van der Waals surface area contributed by atoms with Crippen LogP contribution in [0.25, 0.3) is 0 Å². The van der Waals surface area contributed by atoms with Crippen LogP contribution in [0.1, 0.15) is 52.4 Å². The minimum Gasteiger partial charge on any atom is -0.385 e. The van der Waals surface area contributed by atoms with Gasteiger partial charge in [-0.05, 0) is 43.4 Å². The number of carbonyl (C=O) groups is 1. The van der Waals surface area contributed by atoms with Gasteiger partial charge in [0.05, 0.1) is 0 Å². The lowest BCUT2D eigenvalue weighted by atomic mass is 9.66. The lowest BCUT2D eigenvalue weighted by Crippen LogP contribution is -2.61. The number of hydrogen-bond acceptors (Lipinski definition) is 2. The maximum absolute atomic E-state index is 12.2. The van der Waals surface area contributed by atoms with Gasteiger partial charge in [0.25, 0.3) is 0 Å². The molecule has 2 fully saturated rings. The molecule has 4 heteroatoms. The second-order valence-electron chi connectivity index (χ2n) is 6.85. The van der Waals surface area contributed by atoms with E-state index in [1.165, 1.54) is 25.7 Å². The Labute approximate surface area is 115 Å². The molecule has 1 aliphatic heterocycles. The zero-order chi connectivity index (χ0) is 13.6. The van der Waals surface area contributed by atoms with Crippen LogP contribution in [0.5, 0.6) is 0 Å². The molecule has 2 aliphatic carbocycles. The molecule has 2 N–H and O–H groups in total. The fourth-order valence-corrected chi connectivity index (χ4v) is 4.09. The molecule has 0 aromatic rings. The van der Waals surface area contributed by atoms with Crippen LogP contribution >= 0.6 is 0 Å². The summed E-state index contributed by atoms with van der Waals surface area (Å²) in [5.41, 5.74) is 5.98. The summed E-state index contributed by atoms with van der Waals surface area (Å²) < 4.78 is 0. The third-order valence-electron chi connectivity index (χ3n) is 5.25. The van der Waals surface area contributed by atoms with E-state index in [9.17, 15) is 4.79 Å². The predicted molar refractivity (Wildman–Crippen MR) is 76.0 cm³/mol. The van der Waals surface area contributed by atoms with Crippen LogP contribution in [-0.2, 0) is 0 Å². The number of aliphatic imine (C=N–C) groups is 1. The van der Waals surface area contributed by atoms with E-state index in [0.29, 0.717) is 23.6 Å². The summed E-state index contributed by atoms with van der Waals surface area (Å²) in [5, 5.41) is 0. The normalized spacial score (nSPS) is 35.3. The van der Waals surface area contributed by atoms with Gasteiger partial charge in [0.2, 0.25) is 0 Å². The molecule has 0 saturated heterocycles. The average Bonchev–Trinajstić information content (AvgIpc) is 3.15. The number of hydrogen-bond donors (Lipinski definition) is 1. The fourth-order valence-electron chi connectivity index (χ4n) is 4.09. The first-order valence-corrected chi connectivity index (χ1v) is 7.72. The first-order valence-electron chi connectivity index (χ1n) is 7.72. The van der Waals surface area contributed by atoms with Crippen LogP contribution in [0.2, 0.25) is 0 Å². The summed E-state index contributed by atoms with van der Waals surface area (Å²) in [5.74, 6) is 2.30. The van der Waals surface area contributed by atoms with Crippen molar-refractivity contribution >= 4 is 11.9 Å². The Morgan fingerprint density at radius 3 is 2.74 bits per heavy atom. The number of carbonyl (C=O) groups excluding carboxylic acids is 1. The molecule has 0 bridgehead atoms. The second-order valence-corrected chi connectivity index (χ2v) is 6.85. The van der Waals surface area contributed by atoms with Gasteiger partial charge in [0, 0.05) is 6.54 Å². The summed E-state index contributed by atoms with van der Waals surface area (Å²) in [4.78, 5) is 18.4. The number of nitrogens with two attached hydrogens (primary N) is 1. The van der Waals surface area contributed by atoms with Crippen LogP contribution in [0.15, 0.2) is 4.99 Å². The molecule has 0 aromatic carbocycles. The van der Waals surface area contributed by atoms with Crippen molar-refractivity contribution in [2.24, 2.45) is 28.5 Å². The van der Waals surface area contributed by atoms with Crippen molar-refractivity contribution in [1.82, 2.24) is 4.90 Å². The zero-order valence-corrected chi connectivity index (χ0v) is 12.1. The molecule has 4 nitrogen and oxygen atoms in total. The highest BCUT2D eigenvalue weighted by molar-refractivity contribution is 6.06. The SMILES string of the molecule is CC(C)C1CCCCC12C(N)=NC(=O)N2CC1CC1. The maximum atomic E-state index is 12.2. The predicted octanol–water partition coefficient (Wildman–Crippen LogP) is 2.77. The van der Waals surface area contributed by atoms with Gasteiger partial charge in [-0.1, -0.05) is 26.7 Å². The Morgan fingerprint density at radius 2 is 2.11 bits per heavy atom. The van der Waals surface area contributed by atoms with Crippen LogP contribution < -0.4 is 5.73 Å². The quantitative estimate of drug-likeness (QED) is 0.851. The molecule has 3 aliphatic rings. The van der Waals surface area contributed by atoms with Gasteiger partial charge in [-0.3, -0.25) is 0 Å². The van der Waals surface area contributed by atoms with E-state index in [1.54, 1.807) is 0 Å². The minimum atomic E-state index is -0.258. The van der Waals surface area contributed by atoms with E-state index in [0.717, 1.165) is 19.4 Å². The third kappa shape index (κ3) is 1.96. The van der Waals surface area contributed by atoms with Crippen LogP contribution in [0.4, 0.5) is 4.79 Å². The van der Waals surface area contributed by atoms with Crippen molar-refractivity contribution in [3.63, 3.8) is 0 Å². The summed E-state index contributed by atoms with van der Waals surface area (Å²) >= 11 is 0. The molecular weight excluding hydrogens is 238 g/mol.